The van der Waals surface area contributed by atoms with E-state index in [1.54, 1.807) is 12.4 Å². The van der Waals surface area contributed by atoms with Crippen molar-refractivity contribution in [1.29, 1.82) is 0 Å². The molecular weight excluding hydrogens is 324 g/mol. The Labute approximate surface area is 151 Å². The second-order valence-corrected chi connectivity index (χ2v) is 6.27. The molecule has 0 aliphatic rings. The molecule has 0 aliphatic carbocycles. The van der Waals surface area contributed by atoms with Gasteiger partial charge in [-0.05, 0) is 23.6 Å². The van der Waals surface area contributed by atoms with E-state index in [4.69, 9.17) is 0 Å². The van der Waals surface area contributed by atoms with E-state index in [1.807, 2.05) is 60.8 Å². The molecule has 4 rings (SSSR count). The fourth-order valence-corrected chi connectivity index (χ4v) is 3.21. The van der Waals surface area contributed by atoms with Gasteiger partial charge in [-0.15, -0.1) is 0 Å². The highest BCUT2D eigenvalue weighted by Crippen LogP contribution is 2.24. The Bertz CT molecular complexity index is 989. The van der Waals surface area contributed by atoms with Gasteiger partial charge in [-0.25, -0.2) is 0 Å². The van der Waals surface area contributed by atoms with Gasteiger partial charge in [-0.2, -0.15) is 5.10 Å². The molecule has 0 aliphatic heterocycles. The molecule has 0 saturated carbocycles. The molecule has 3 N–H and O–H groups in total. The van der Waals surface area contributed by atoms with Crippen LogP contribution >= 0.6 is 0 Å². The number of H-pyrrole nitrogens is 2. The summed E-state index contributed by atoms with van der Waals surface area (Å²) in [7, 11) is 0. The van der Waals surface area contributed by atoms with Gasteiger partial charge in [0, 0.05) is 35.4 Å². The van der Waals surface area contributed by atoms with Crippen molar-refractivity contribution in [1.82, 2.24) is 20.5 Å². The van der Waals surface area contributed by atoms with Gasteiger partial charge in [-0.3, -0.25) is 9.89 Å². The van der Waals surface area contributed by atoms with Gasteiger partial charge in [-0.1, -0.05) is 48.5 Å². The summed E-state index contributed by atoms with van der Waals surface area (Å²) in [6.07, 6.45) is 6.29. The molecule has 0 bridgehead atoms. The first-order chi connectivity index (χ1) is 12.8. The van der Waals surface area contributed by atoms with Gasteiger partial charge >= 0.3 is 0 Å². The summed E-state index contributed by atoms with van der Waals surface area (Å²) in [5, 5.41) is 11.2. The van der Waals surface area contributed by atoms with Crippen molar-refractivity contribution in [3.63, 3.8) is 0 Å². The molecule has 5 nitrogen and oxygen atoms in total. The van der Waals surface area contributed by atoms with Crippen LogP contribution in [0.25, 0.3) is 10.9 Å². The number of para-hydroxylation sites is 1. The lowest BCUT2D eigenvalue weighted by molar-refractivity contribution is 0.0945. The molecule has 26 heavy (non-hydrogen) atoms. The number of benzene rings is 2. The van der Waals surface area contributed by atoms with Gasteiger partial charge in [0.1, 0.15) is 0 Å². The Balaban J connectivity index is 1.60. The fraction of sp³-hybridized carbons (Fsp3) is 0.143. The summed E-state index contributed by atoms with van der Waals surface area (Å²) in [6.45, 7) is 0.688. The summed E-state index contributed by atoms with van der Waals surface area (Å²) in [4.78, 5) is 16.5. The molecule has 130 valence electrons. The molecule has 0 unspecified atom stereocenters. The average Bonchev–Trinajstić information content (AvgIpc) is 3.35. The Kier molecular flexibility index (Phi) is 4.62. The zero-order valence-corrected chi connectivity index (χ0v) is 14.3. The predicted molar refractivity (Wildman–Crippen MR) is 102 cm³/mol. The van der Waals surface area contributed by atoms with Crippen molar-refractivity contribution in [2.24, 2.45) is 0 Å². The number of carbonyl (C=O) groups excluding carboxylic acids is 1. The van der Waals surface area contributed by atoms with Crippen LogP contribution < -0.4 is 5.32 Å². The van der Waals surface area contributed by atoms with Crippen LogP contribution in [0.1, 0.15) is 27.5 Å². The quantitative estimate of drug-likeness (QED) is 0.448. The van der Waals surface area contributed by atoms with E-state index >= 15 is 0 Å². The van der Waals surface area contributed by atoms with Gasteiger partial charge in [0.25, 0.3) is 0 Å². The van der Waals surface area contributed by atoms with Crippen molar-refractivity contribution < 1.29 is 4.79 Å². The van der Waals surface area contributed by atoms with Gasteiger partial charge in [0.15, 0.2) is 5.78 Å². The van der Waals surface area contributed by atoms with Crippen LogP contribution in [0, 0.1) is 0 Å². The van der Waals surface area contributed by atoms with Crippen LogP contribution in [0.15, 0.2) is 73.2 Å². The third kappa shape index (κ3) is 3.30. The number of aromatic amines is 2. The fourth-order valence-electron chi connectivity index (χ4n) is 3.21. The molecule has 0 radical (unpaired) electrons. The number of Topliss-reactive ketones (excluding diaryl/α,β-unsaturated/α-hetero) is 1. The lowest BCUT2D eigenvalue weighted by atomic mass is 9.97. The summed E-state index contributed by atoms with van der Waals surface area (Å²) < 4.78 is 0. The van der Waals surface area contributed by atoms with E-state index in [1.165, 1.54) is 0 Å². The summed E-state index contributed by atoms with van der Waals surface area (Å²) in [5.41, 5.74) is 3.77. The molecule has 0 spiro atoms. The largest absolute Gasteiger partial charge is 0.360 e. The lowest BCUT2D eigenvalue weighted by Gasteiger charge is -2.18. The molecule has 0 fully saturated rings. The topological polar surface area (TPSA) is 73.6 Å². The molecule has 0 amide bonds. The van der Waals surface area contributed by atoms with E-state index in [0.717, 1.165) is 28.5 Å². The highest BCUT2D eigenvalue weighted by molar-refractivity contribution is 6.10. The minimum Gasteiger partial charge on any atom is -0.360 e. The SMILES string of the molecule is O=C(c1c[nH]c2ccccc12)[C@H](NCCc1cn[nH]c1)c1ccccc1. The van der Waals surface area contributed by atoms with Crippen LogP contribution in [-0.4, -0.2) is 27.5 Å². The molecule has 4 aromatic rings. The zero-order chi connectivity index (χ0) is 17.8. The number of aromatic nitrogens is 3. The second kappa shape index (κ2) is 7.37. The van der Waals surface area contributed by atoms with Crippen LogP contribution in [0.4, 0.5) is 0 Å². The van der Waals surface area contributed by atoms with Crippen molar-refractivity contribution in [3.05, 3.63) is 89.9 Å². The monoisotopic (exact) mass is 344 g/mol. The van der Waals surface area contributed by atoms with E-state index < -0.39 is 0 Å². The smallest absolute Gasteiger partial charge is 0.186 e. The molecule has 2 aromatic carbocycles. The molecule has 2 heterocycles. The number of hydrogen-bond acceptors (Lipinski definition) is 3. The Hall–Kier alpha value is -3.18. The van der Waals surface area contributed by atoms with Gasteiger partial charge in [0.2, 0.25) is 0 Å². The van der Waals surface area contributed by atoms with Crippen LogP contribution in [0.3, 0.4) is 0 Å². The number of fused-ring (bicyclic) bond motifs is 1. The van der Waals surface area contributed by atoms with E-state index in [-0.39, 0.29) is 11.8 Å². The van der Waals surface area contributed by atoms with E-state index in [0.29, 0.717) is 12.1 Å². The van der Waals surface area contributed by atoms with Crippen LogP contribution in [-0.2, 0) is 6.42 Å². The first-order valence-electron chi connectivity index (χ1n) is 8.69. The Morgan fingerprint density at radius 2 is 1.85 bits per heavy atom. The average molecular weight is 344 g/mol. The van der Waals surface area contributed by atoms with E-state index in [2.05, 4.69) is 20.5 Å². The number of hydrogen-bond donors (Lipinski definition) is 3. The normalized spacial score (nSPS) is 12.3. The summed E-state index contributed by atoms with van der Waals surface area (Å²) >= 11 is 0. The van der Waals surface area contributed by atoms with Crippen molar-refractivity contribution in [2.75, 3.05) is 6.54 Å². The Morgan fingerprint density at radius 3 is 2.65 bits per heavy atom. The maximum atomic E-state index is 13.3. The second-order valence-electron chi connectivity index (χ2n) is 6.27. The standard InChI is InChI=1S/C21H20N4O/c26-21(18-14-23-19-9-5-4-8-17(18)19)20(16-6-2-1-3-7-16)22-11-10-15-12-24-25-13-15/h1-9,12-14,20,22-23H,10-11H2,(H,24,25)/t20-/m1/s1. The minimum atomic E-state index is -0.387. The summed E-state index contributed by atoms with van der Waals surface area (Å²) in [5.74, 6) is 0.0702. The highest BCUT2D eigenvalue weighted by Gasteiger charge is 2.23. The van der Waals surface area contributed by atoms with Crippen molar-refractivity contribution in [2.45, 2.75) is 12.5 Å². The number of nitrogens with zero attached hydrogens (tertiary/aromatic N) is 1. The first kappa shape index (κ1) is 16.3. The summed E-state index contributed by atoms with van der Waals surface area (Å²) in [6, 6.07) is 17.4. The van der Waals surface area contributed by atoms with Gasteiger partial charge in [0.05, 0.1) is 12.2 Å². The third-order valence-corrected chi connectivity index (χ3v) is 4.57. The first-order valence-corrected chi connectivity index (χ1v) is 8.69. The number of carbonyl (C=O) groups is 1. The van der Waals surface area contributed by atoms with E-state index in [9.17, 15) is 4.79 Å². The van der Waals surface area contributed by atoms with Crippen molar-refractivity contribution in [3.8, 4) is 0 Å². The third-order valence-electron chi connectivity index (χ3n) is 4.57. The minimum absolute atomic E-state index is 0.0702. The molecular formula is C21H20N4O. The predicted octanol–water partition coefficient (Wildman–Crippen LogP) is 3.65. The number of rotatable bonds is 7. The van der Waals surface area contributed by atoms with Crippen LogP contribution in [0.2, 0.25) is 0 Å². The molecule has 0 saturated heterocycles. The van der Waals surface area contributed by atoms with Crippen LogP contribution in [0.5, 0.6) is 0 Å². The molecule has 5 heteroatoms. The number of ketones is 1. The maximum Gasteiger partial charge on any atom is 0.186 e. The molecule has 1 atom stereocenters. The van der Waals surface area contributed by atoms with Gasteiger partial charge < -0.3 is 10.3 Å². The number of nitrogens with one attached hydrogen (secondary N) is 3. The highest BCUT2D eigenvalue weighted by atomic mass is 16.1. The Morgan fingerprint density at radius 1 is 1.04 bits per heavy atom. The van der Waals surface area contributed by atoms with Crippen molar-refractivity contribution >= 4 is 16.7 Å². The lowest BCUT2D eigenvalue weighted by Crippen LogP contribution is -2.30. The molecule has 2 aromatic heterocycles. The maximum absolute atomic E-state index is 13.3. The zero-order valence-electron chi connectivity index (χ0n) is 14.3.